The van der Waals surface area contributed by atoms with Crippen LogP contribution in [0.3, 0.4) is 0 Å². The van der Waals surface area contributed by atoms with E-state index in [9.17, 15) is 0 Å². The van der Waals surface area contributed by atoms with Gasteiger partial charge in [-0.3, -0.25) is 4.68 Å². The van der Waals surface area contributed by atoms with E-state index in [0.29, 0.717) is 0 Å². The molecule has 2 rings (SSSR count). The third-order valence-corrected chi connectivity index (χ3v) is 6.21. The van der Waals surface area contributed by atoms with Crippen molar-refractivity contribution < 1.29 is 0 Å². The number of hydrogen-bond acceptors (Lipinski definition) is 1. The Bertz CT molecular complexity index is 589. The van der Waals surface area contributed by atoms with Gasteiger partial charge in [-0.25, -0.2) is 0 Å². The van der Waals surface area contributed by atoms with Crippen LogP contribution in [-0.4, -0.2) is 20.4 Å². The highest BCUT2D eigenvalue weighted by Gasteiger charge is 2.31. The van der Waals surface area contributed by atoms with Gasteiger partial charge in [-0.15, -0.1) is 0 Å². The van der Waals surface area contributed by atoms with E-state index in [2.05, 4.69) is 83.2 Å². The zero-order chi connectivity index (χ0) is 14.8. The zero-order valence-corrected chi connectivity index (χ0v) is 16.3. The lowest BCUT2D eigenvalue weighted by molar-refractivity contribution is 0.523. The van der Waals surface area contributed by atoms with Crippen molar-refractivity contribution in [3.8, 4) is 0 Å². The molecular weight excluding hydrogens is 448 g/mol. The first-order chi connectivity index (χ1) is 9.50. The number of benzene rings is 1. The van der Waals surface area contributed by atoms with Gasteiger partial charge in [0.2, 0.25) is 0 Å². The number of aromatic nitrogens is 2. The number of aryl methyl sites for hydroxylation is 2. The highest BCUT2D eigenvalue weighted by molar-refractivity contribution is 9.10. The van der Waals surface area contributed by atoms with E-state index >= 15 is 0 Å². The Morgan fingerprint density at radius 2 is 1.90 bits per heavy atom. The summed E-state index contributed by atoms with van der Waals surface area (Å²) in [5.41, 5.74) is 3.65. The van der Waals surface area contributed by atoms with Gasteiger partial charge in [0.25, 0.3) is 0 Å². The molecular formula is C15H17Br3N2. The first-order valence-corrected chi connectivity index (χ1v) is 9.42. The molecule has 0 saturated heterocycles. The Hall–Kier alpha value is -0.130. The van der Waals surface area contributed by atoms with Crippen LogP contribution < -0.4 is 0 Å². The second kappa shape index (κ2) is 6.75. The van der Waals surface area contributed by atoms with Crippen molar-refractivity contribution in [3.05, 3.63) is 51.8 Å². The molecule has 0 amide bonds. The SMILES string of the molecule is Cc1cc(CC(CBr)(CBr)c2cccc(Br)c2)n(C)n1. The largest absolute Gasteiger partial charge is 0.272 e. The monoisotopic (exact) mass is 462 g/mol. The molecule has 0 spiro atoms. The molecule has 0 saturated carbocycles. The Labute approximate surface area is 145 Å². The highest BCUT2D eigenvalue weighted by Crippen LogP contribution is 2.34. The normalized spacial score (nSPS) is 11.8. The van der Waals surface area contributed by atoms with Crippen LogP contribution in [0.25, 0.3) is 0 Å². The molecule has 2 aromatic rings. The fourth-order valence-electron chi connectivity index (χ4n) is 2.38. The lowest BCUT2D eigenvalue weighted by atomic mass is 9.80. The van der Waals surface area contributed by atoms with Gasteiger partial charge in [-0.2, -0.15) is 5.10 Å². The van der Waals surface area contributed by atoms with Crippen molar-refractivity contribution in [3.63, 3.8) is 0 Å². The lowest BCUT2D eigenvalue weighted by Gasteiger charge is -2.31. The van der Waals surface area contributed by atoms with Gasteiger partial charge in [-0.1, -0.05) is 59.9 Å². The Kier molecular flexibility index (Phi) is 5.49. The summed E-state index contributed by atoms with van der Waals surface area (Å²) >= 11 is 11.0. The summed E-state index contributed by atoms with van der Waals surface area (Å²) in [6.45, 7) is 2.03. The first kappa shape index (κ1) is 16.2. The van der Waals surface area contributed by atoms with Crippen LogP contribution in [0.5, 0.6) is 0 Å². The van der Waals surface area contributed by atoms with Crippen molar-refractivity contribution in [1.82, 2.24) is 9.78 Å². The van der Waals surface area contributed by atoms with Gasteiger partial charge in [0, 0.05) is 39.7 Å². The number of alkyl halides is 2. The predicted octanol–water partition coefficient (Wildman–Crippen LogP) is 4.76. The summed E-state index contributed by atoms with van der Waals surface area (Å²) in [7, 11) is 2.01. The number of rotatable bonds is 5. The van der Waals surface area contributed by atoms with Crippen LogP contribution in [0.15, 0.2) is 34.8 Å². The lowest BCUT2D eigenvalue weighted by Crippen LogP contribution is -2.33. The van der Waals surface area contributed by atoms with Crippen molar-refractivity contribution in [2.24, 2.45) is 7.05 Å². The van der Waals surface area contributed by atoms with E-state index in [1.165, 1.54) is 11.3 Å². The van der Waals surface area contributed by atoms with Crippen molar-refractivity contribution in [1.29, 1.82) is 0 Å². The number of hydrogen-bond donors (Lipinski definition) is 0. The van der Waals surface area contributed by atoms with Crippen LogP contribution in [0.2, 0.25) is 0 Å². The second-order valence-corrected chi connectivity index (χ2v) is 7.17. The molecule has 0 aliphatic rings. The fourth-order valence-corrected chi connectivity index (χ4v) is 4.75. The van der Waals surface area contributed by atoms with Crippen molar-refractivity contribution >= 4 is 47.8 Å². The molecule has 1 heterocycles. The summed E-state index contributed by atoms with van der Waals surface area (Å²) in [5.74, 6) is 0. The minimum Gasteiger partial charge on any atom is -0.272 e. The van der Waals surface area contributed by atoms with Crippen molar-refractivity contribution in [2.45, 2.75) is 18.8 Å². The molecule has 0 aliphatic heterocycles. The first-order valence-electron chi connectivity index (χ1n) is 6.38. The maximum Gasteiger partial charge on any atom is 0.0596 e. The minimum absolute atomic E-state index is 0.0179. The van der Waals surface area contributed by atoms with Gasteiger partial charge in [0.1, 0.15) is 0 Å². The second-order valence-electron chi connectivity index (χ2n) is 5.14. The molecule has 20 heavy (non-hydrogen) atoms. The summed E-state index contributed by atoms with van der Waals surface area (Å²) in [4.78, 5) is 0. The molecule has 2 nitrogen and oxygen atoms in total. The summed E-state index contributed by atoms with van der Waals surface area (Å²) in [6, 6.07) is 10.7. The molecule has 0 aliphatic carbocycles. The zero-order valence-electron chi connectivity index (χ0n) is 11.5. The number of halogens is 3. The molecule has 0 radical (unpaired) electrons. The molecule has 1 aromatic heterocycles. The van der Waals surface area contributed by atoms with E-state index in [4.69, 9.17) is 0 Å². The standard InChI is InChI=1S/C15H17Br3N2/c1-11-6-14(20(2)19-11)8-15(9-16,10-17)12-4-3-5-13(18)7-12/h3-7H,8-10H2,1-2H3. The molecule has 0 atom stereocenters. The van der Waals surface area contributed by atoms with Crippen molar-refractivity contribution in [2.75, 3.05) is 10.7 Å². The highest BCUT2D eigenvalue weighted by atomic mass is 79.9. The van der Waals surface area contributed by atoms with Crippen LogP contribution in [-0.2, 0) is 18.9 Å². The van der Waals surface area contributed by atoms with Gasteiger partial charge in [0.05, 0.1) is 5.69 Å². The van der Waals surface area contributed by atoms with E-state index in [-0.39, 0.29) is 5.41 Å². The van der Waals surface area contributed by atoms with Gasteiger partial charge < -0.3 is 0 Å². The van der Waals surface area contributed by atoms with Gasteiger partial charge >= 0.3 is 0 Å². The minimum atomic E-state index is 0.0179. The fraction of sp³-hybridized carbons (Fsp3) is 0.400. The average Bonchev–Trinajstić information content (AvgIpc) is 2.74. The smallest absolute Gasteiger partial charge is 0.0596 e. The molecule has 108 valence electrons. The van der Waals surface area contributed by atoms with Crippen LogP contribution >= 0.6 is 47.8 Å². The predicted molar refractivity (Wildman–Crippen MR) is 95.1 cm³/mol. The molecule has 0 bridgehead atoms. The van der Waals surface area contributed by atoms with Crippen LogP contribution in [0.1, 0.15) is 17.0 Å². The third kappa shape index (κ3) is 3.37. The van der Waals surface area contributed by atoms with E-state index in [1.807, 2.05) is 18.7 Å². The maximum absolute atomic E-state index is 4.45. The Morgan fingerprint density at radius 1 is 1.20 bits per heavy atom. The molecule has 1 aromatic carbocycles. The average molecular weight is 465 g/mol. The molecule has 0 fully saturated rings. The number of nitrogens with zero attached hydrogens (tertiary/aromatic N) is 2. The molecule has 0 N–H and O–H groups in total. The van der Waals surface area contributed by atoms with Gasteiger partial charge in [-0.05, 0) is 30.7 Å². The molecule has 0 unspecified atom stereocenters. The van der Waals surface area contributed by atoms with Crippen LogP contribution in [0.4, 0.5) is 0 Å². The van der Waals surface area contributed by atoms with E-state index in [0.717, 1.165) is 27.2 Å². The summed E-state index contributed by atoms with van der Waals surface area (Å²) < 4.78 is 3.09. The summed E-state index contributed by atoms with van der Waals surface area (Å²) in [6.07, 6.45) is 0.942. The quantitative estimate of drug-likeness (QED) is 0.583. The van der Waals surface area contributed by atoms with E-state index < -0.39 is 0 Å². The van der Waals surface area contributed by atoms with Gasteiger partial charge in [0.15, 0.2) is 0 Å². The molecule has 5 heteroatoms. The van der Waals surface area contributed by atoms with Crippen LogP contribution in [0, 0.1) is 6.92 Å². The third-order valence-electron chi connectivity index (χ3n) is 3.57. The Balaban J connectivity index is 2.42. The maximum atomic E-state index is 4.45. The topological polar surface area (TPSA) is 17.8 Å². The Morgan fingerprint density at radius 3 is 2.40 bits per heavy atom. The summed E-state index contributed by atoms with van der Waals surface area (Å²) in [5, 5.41) is 6.24. The van der Waals surface area contributed by atoms with E-state index in [1.54, 1.807) is 0 Å².